The highest BCUT2D eigenvalue weighted by atomic mass is 16.2. The summed E-state index contributed by atoms with van der Waals surface area (Å²) in [6, 6.07) is 10.6. The molecule has 2 atom stereocenters. The van der Waals surface area contributed by atoms with Gasteiger partial charge in [0.1, 0.15) is 0 Å². The summed E-state index contributed by atoms with van der Waals surface area (Å²) in [5.41, 5.74) is 6.91. The molecule has 19 heavy (non-hydrogen) atoms. The first-order valence-corrected chi connectivity index (χ1v) is 7.29. The zero-order chi connectivity index (χ0) is 13.7. The molecule has 0 saturated carbocycles. The maximum Gasteiger partial charge on any atom is 0.227 e. The van der Waals surface area contributed by atoms with Crippen molar-refractivity contribution < 1.29 is 4.79 Å². The van der Waals surface area contributed by atoms with Gasteiger partial charge in [-0.25, -0.2) is 0 Å². The van der Waals surface area contributed by atoms with Gasteiger partial charge in [0.05, 0.1) is 6.04 Å². The lowest BCUT2D eigenvalue weighted by atomic mass is 9.99. The van der Waals surface area contributed by atoms with Crippen LogP contribution in [0.15, 0.2) is 30.3 Å². The molecule has 104 valence electrons. The molecule has 1 fully saturated rings. The van der Waals surface area contributed by atoms with Gasteiger partial charge in [-0.15, -0.1) is 0 Å². The normalized spacial score (nSPS) is 21.8. The summed E-state index contributed by atoms with van der Waals surface area (Å²) >= 11 is 0. The Hall–Kier alpha value is -1.35. The van der Waals surface area contributed by atoms with Crippen molar-refractivity contribution in [1.82, 2.24) is 4.90 Å². The Bertz CT molecular complexity index is 404. The standard InChI is InChI=1S/C16H24N2O/c1-13(12-17)16(19)18-11-7-3-6-10-15(18)14-8-4-2-5-9-14/h2,4-5,8-9,13,15H,3,6-7,10-12,17H2,1H3. The summed E-state index contributed by atoms with van der Waals surface area (Å²) in [5.74, 6) is 0.127. The molecule has 3 nitrogen and oxygen atoms in total. The van der Waals surface area contributed by atoms with E-state index in [0.29, 0.717) is 6.54 Å². The molecule has 1 aromatic carbocycles. The van der Waals surface area contributed by atoms with Gasteiger partial charge >= 0.3 is 0 Å². The predicted molar refractivity (Wildman–Crippen MR) is 77.6 cm³/mol. The summed E-state index contributed by atoms with van der Waals surface area (Å²) in [6.07, 6.45) is 4.57. The van der Waals surface area contributed by atoms with E-state index >= 15 is 0 Å². The first-order chi connectivity index (χ1) is 9.24. The second kappa shape index (κ2) is 6.71. The fourth-order valence-electron chi connectivity index (χ4n) is 2.78. The number of hydrogen-bond acceptors (Lipinski definition) is 2. The number of likely N-dealkylation sites (tertiary alicyclic amines) is 1. The van der Waals surface area contributed by atoms with E-state index in [-0.39, 0.29) is 17.9 Å². The zero-order valence-electron chi connectivity index (χ0n) is 11.7. The van der Waals surface area contributed by atoms with Crippen molar-refractivity contribution in [3.8, 4) is 0 Å². The minimum absolute atomic E-state index is 0.0793. The number of rotatable bonds is 3. The number of hydrogen-bond donors (Lipinski definition) is 1. The van der Waals surface area contributed by atoms with Crippen molar-refractivity contribution in [2.24, 2.45) is 11.7 Å². The Labute approximate surface area is 115 Å². The summed E-state index contributed by atoms with van der Waals surface area (Å²) in [7, 11) is 0. The van der Waals surface area contributed by atoms with Gasteiger partial charge in [-0.2, -0.15) is 0 Å². The minimum atomic E-state index is -0.0793. The third-order valence-electron chi connectivity index (χ3n) is 4.00. The van der Waals surface area contributed by atoms with Crippen molar-refractivity contribution in [3.63, 3.8) is 0 Å². The van der Waals surface area contributed by atoms with E-state index in [4.69, 9.17) is 5.73 Å². The maximum atomic E-state index is 12.5. The molecule has 0 spiro atoms. The molecule has 0 aliphatic carbocycles. The Kier molecular flexibility index (Phi) is 4.97. The molecular weight excluding hydrogens is 236 g/mol. The molecule has 0 radical (unpaired) electrons. The maximum absolute atomic E-state index is 12.5. The number of carbonyl (C=O) groups excluding carboxylic acids is 1. The van der Waals surface area contributed by atoms with Gasteiger partial charge in [0.2, 0.25) is 5.91 Å². The van der Waals surface area contributed by atoms with Crippen molar-refractivity contribution in [2.75, 3.05) is 13.1 Å². The highest BCUT2D eigenvalue weighted by Crippen LogP contribution is 2.30. The molecule has 3 heteroatoms. The Morgan fingerprint density at radius 3 is 2.74 bits per heavy atom. The molecule has 1 amide bonds. The molecule has 2 unspecified atom stereocenters. The van der Waals surface area contributed by atoms with E-state index in [1.165, 1.54) is 18.4 Å². The molecule has 1 aliphatic rings. The van der Waals surface area contributed by atoms with Crippen molar-refractivity contribution >= 4 is 5.91 Å². The van der Waals surface area contributed by atoms with Crippen LogP contribution in [0.2, 0.25) is 0 Å². The highest BCUT2D eigenvalue weighted by molar-refractivity contribution is 5.79. The fraction of sp³-hybridized carbons (Fsp3) is 0.562. The van der Waals surface area contributed by atoms with Crippen molar-refractivity contribution in [2.45, 2.75) is 38.6 Å². The van der Waals surface area contributed by atoms with E-state index in [1.54, 1.807) is 0 Å². The number of nitrogens with two attached hydrogens (primary N) is 1. The van der Waals surface area contributed by atoms with Gasteiger partial charge in [-0.3, -0.25) is 4.79 Å². The van der Waals surface area contributed by atoms with Crippen LogP contribution in [-0.4, -0.2) is 23.9 Å². The first-order valence-electron chi connectivity index (χ1n) is 7.29. The number of nitrogens with zero attached hydrogens (tertiary/aromatic N) is 1. The molecule has 2 rings (SSSR count). The average Bonchev–Trinajstić information content (AvgIpc) is 2.72. The van der Waals surface area contributed by atoms with Crippen molar-refractivity contribution in [3.05, 3.63) is 35.9 Å². The Morgan fingerprint density at radius 1 is 1.32 bits per heavy atom. The van der Waals surface area contributed by atoms with Gasteiger partial charge < -0.3 is 10.6 Å². The Morgan fingerprint density at radius 2 is 2.05 bits per heavy atom. The smallest absolute Gasteiger partial charge is 0.227 e. The second-order valence-electron chi connectivity index (χ2n) is 5.44. The van der Waals surface area contributed by atoms with Gasteiger partial charge in [-0.05, 0) is 18.4 Å². The lowest BCUT2D eigenvalue weighted by Gasteiger charge is -2.32. The molecule has 2 N–H and O–H groups in total. The van der Waals surface area contributed by atoms with E-state index in [1.807, 2.05) is 13.0 Å². The molecule has 0 aromatic heterocycles. The zero-order valence-corrected chi connectivity index (χ0v) is 11.7. The third-order valence-corrected chi connectivity index (χ3v) is 4.00. The third kappa shape index (κ3) is 3.35. The molecule has 0 bridgehead atoms. The van der Waals surface area contributed by atoms with Crippen LogP contribution in [-0.2, 0) is 4.79 Å². The molecule has 1 saturated heterocycles. The van der Waals surface area contributed by atoms with Crippen LogP contribution in [0, 0.1) is 5.92 Å². The van der Waals surface area contributed by atoms with Crippen LogP contribution >= 0.6 is 0 Å². The van der Waals surface area contributed by atoms with Crippen LogP contribution in [0.3, 0.4) is 0 Å². The predicted octanol–water partition coefficient (Wildman–Crippen LogP) is 2.73. The number of carbonyl (C=O) groups is 1. The quantitative estimate of drug-likeness (QED) is 0.908. The monoisotopic (exact) mass is 260 g/mol. The van der Waals surface area contributed by atoms with Crippen LogP contribution in [0.5, 0.6) is 0 Å². The van der Waals surface area contributed by atoms with E-state index in [2.05, 4.69) is 29.2 Å². The van der Waals surface area contributed by atoms with Gasteiger partial charge in [-0.1, -0.05) is 50.1 Å². The largest absolute Gasteiger partial charge is 0.335 e. The lowest BCUT2D eigenvalue weighted by Crippen LogP contribution is -2.40. The Balaban J connectivity index is 2.23. The number of amides is 1. The highest BCUT2D eigenvalue weighted by Gasteiger charge is 2.28. The minimum Gasteiger partial charge on any atom is -0.335 e. The van der Waals surface area contributed by atoms with Crippen LogP contribution in [0.25, 0.3) is 0 Å². The molecule has 1 heterocycles. The van der Waals surface area contributed by atoms with Crippen LogP contribution in [0.1, 0.15) is 44.2 Å². The molecular formula is C16H24N2O. The van der Waals surface area contributed by atoms with E-state index in [0.717, 1.165) is 19.4 Å². The second-order valence-corrected chi connectivity index (χ2v) is 5.44. The van der Waals surface area contributed by atoms with Crippen LogP contribution < -0.4 is 5.73 Å². The summed E-state index contributed by atoms with van der Waals surface area (Å²) < 4.78 is 0. The first kappa shape index (κ1) is 14.1. The molecule has 1 aliphatic heterocycles. The fourth-order valence-corrected chi connectivity index (χ4v) is 2.78. The topological polar surface area (TPSA) is 46.3 Å². The van der Waals surface area contributed by atoms with Crippen molar-refractivity contribution in [1.29, 1.82) is 0 Å². The molecule has 1 aromatic rings. The van der Waals surface area contributed by atoms with Gasteiger partial charge in [0.15, 0.2) is 0 Å². The summed E-state index contributed by atoms with van der Waals surface area (Å²) in [6.45, 7) is 3.22. The SMILES string of the molecule is CC(CN)C(=O)N1CCCCCC1c1ccccc1. The van der Waals surface area contributed by atoms with Crippen LogP contribution in [0.4, 0.5) is 0 Å². The average molecular weight is 260 g/mol. The summed E-state index contributed by atoms with van der Waals surface area (Å²) in [5, 5.41) is 0. The van der Waals surface area contributed by atoms with Gasteiger partial charge in [0.25, 0.3) is 0 Å². The number of benzene rings is 1. The van der Waals surface area contributed by atoms with E-state index < -0.39 is 0 Å². The summed E-state index contributed by atoms with van der Waals surface area (Å²) in [4.78, 5) is 14.6. The van der Waals surface area contributed by atoms with E-state index in [9.17, 15) is 4.79 Å². The lowest BCUT2D eigenvalue weighted by molar-refractivity contribution is -0.137. The van der Waals surface area contributed by atoms with Gasteiger partial charge in [0, 0.05) is 19.0 Å².